The number of piperazine rings is 1. The fraction of sp³-hybridized carbons (Fsp3) is 0.455. The standard InChI is InChI=1S/C11H14N2/c1-2-4-11(5-3-1)10-13-8-6-12-7-9-13/h2,4-5,12H,6-10H2. The average Bonchev–Trinajstić information content (AvgIpc) is 2.21. The topological polar surface area (TPSA) is 15.3 Å². The Labute approximate surface area is 79.6 Å². The molecule has 2 rings (SSSR count). The Morgan fingerprint density at radius 3 is 2.85 bits per heavy atom. The summed E-state index contributed by atoms with van der Waals surface area (Å²) in [7, 11) is 0. The van der Waals surface area contributed by atoms with Crippen LogP contribution in [0, 0.1) is 12.1 Å². The van der Waals surface area contributed by atoms with Crippen LogP contribution in [-0.4, -0.2) is 31.1 Å². The van der Waals surface area contributed by atoms with Crippen molar-refractivity contribution in [2.24, 2.45) is 0 Å². The predicted octanol–water partition coefficient (Wildman–Crippen LogP) is 0.692. The van der Waals surface area contributed by atoms with Gasteiger partial charge in [0.2, 0.25) is 0 Å². The van der Waals surface area contributed by atoms with Crippen LogP contribution < -0.4 is 5.32 Å². The zero-order valence-corrected chi connectivity index (χ0v) is 7.71. The zero-order chi connectivity index (χ0) is 8.93. The zero-order valence-electron chi connectivity index (χ0n) is 7.71. The van der Waals surface area contributed by atoms with Gasteiger partial charge in [-0.15, -0.1) is 0 Å². The summed E-state index contributed by atoms with van der Waals surface area (Å²) in [5, 5.41) is 3.34. The van der Waals surface area contributed by atoms with Crippen LogP contribution in [0.2, 0.25) is 0 Å². The third-order valence-electron chi connectivity index (χ3n) is 2.34. The van der Waals surface area contributed by atoms with Crippen LogP contribution in [0.4, 0.5) is 0 Å². The summed E-state index contributed by atoms with van der Waals surface area (Å²) in [6, 6.07) is 12.0. The summed E-state index contributed by atoms with van der Waals surface area (Å²) in [6.45, 7) is 5.58. The largest absolute Gasteiger partial charge is 0.314 e. The molecule has 1 aromatic rings. The second kappa shape index (κ2) is 4.27. The monoisotopic (exact) mass is 174 g/mol. The van der Waals surface area contributed by atoms with Gasteiger partial charge in [0.25, 0.3) is 0 Å². The fourth-order valence-electron chi connectivity index (χ4n) is 1.61. The summed E-state index contributed by atoms with van der Waals surface area (Å²) in [5.74, 6) is 0. The number of hydrogen-bond donors (Lipinski definition) is 1. The van der Waals surface area contributed by atoms with E-state index in [0.29, 0.717) is 0 Å². The number of nitrogens with zero attached hydrogens (tertiary/aromatic N) is 1. The van der Waals surface area contributed by atoms with Gasteiger partial charge >= 0.3 is 0 Å². The highest BCUT2D eigenvalue weighted by atomic mass is 15.2. The smallest absolute Gasteiger partial charge is 0.0241 e. The van der Waals surface area contributed by atoms with Crippen LogP contribution in [0.3, 0.4) is 0 Å². The van der Waals surface area contributed by atoms with Crippen LogP contribution in [-0.2, 0) is 6.54 Å². The molecule has 0 amide bonds. The first-order valence-corrected chi connectivity index (χ1v) is 4.75. The van der Waals surface area contributed by atoms with Crippen molar-refractivity contribution in [3.05, 3.63) is 35.9 Å². The number of nitrogens with one attached hydrogen (secondary N) is 1. The predicted molar refractivity (Wildman–Crippen MR) is 52.3 cm³/mol. The molecule has 0 aliphatic carbocycles. The third kappa shape index (κ3) is 2.45. The molecule has 1 aromatic carbocycles. The summed E-state index contributed by atoms with van der Waals surface area (Å²) in [4.78, 5) is 2.46. The van der Waals surface area contributed by atoms with Gasteiger partial charge in [-0.1, -0.05) is 12.1 Å². The van der Waals surface area contributed by atoms with Crippen LogP contribution in [0.15, 0.2) is 18.2 Å². The highest BCUT2D eigenvalue weighted by molar-refractivity contribution is 5.09. The summed E-state index contributed by atoms with van der Waals surface area (Å²) in [5.41, 5.74) is 1.33. The van der Waals surface area contributed by atoms with E-state index in [4.69, 9.17) is 0 Å². The molecule has 1 N–H and O–H groups in total. The second-order valence-corrected chi connectivity index (χ2v) is 3.37. The Morgan fingerprint density at radius 1 is 1.31 bits per heavy atom. The van der Waals surface area contributed by atoms with E-state index in [9.17, 15) is 0 Å². The summed E-state index contributed by atoms with van der Waals surface area (Å²) < 4.78 is 0. The maximum Gasteiger partial charge on any atom is 0.0241 e. The minimum Gasteiger partial charge on any atom is -0.314 e. The molecule has 0 radical (unpaired) electrons. The highest BCUT2D eigenvalue weighted by Gasteiger charge is 2.08. The normalized spacial score (nSPS) is 18.2. The molecule has 1 aliphatic heterocycles. The van der Waals surface area contributed by atoms with E-state index < -0.39 is 0 Å². The Hall–Kier alpha value is -1.04. The van der Waals surface area contributed by atoms with Crippen molar-refractivity contribution in [3.8, 4) is 0 Å². The Kier molecular flexibility index (Phi) is 2.81. The summed E-state index contributed by atoms with van der Waals surface area (Å²) >= 11 is 0. The molecule has 0 saturated carbocycles. The highest BCUT2D eigenvalue weighted by Crippen LogP contribution is 2.02. The van der Waals surface area contributed by atoms with E-state index in [2.05, 4.69) is 28.4 Å². The Balaban J connectivity index is 1.90. The molecule has 1 saturated heterocycles. The van der Waals surface area contributed by atoms with E-state index in [1.807, 2.05) is 12.1 Å². The van der Waals surface area contributed by atoms with Crippen molar-refractivity contribution < 1.29 is 0 Å². The molecule has 68 valence electrons. The van der Waals surface area contributed by atoms with Gasteiger partial charge in [0.1, 0.15) is 0 Å². The first kappa shape index (κ1) is 8.55. The fourth-order valence-corrected chi connectivity index (χ4v) is 1.61. The van der Waals surface area contributed by atoms with Crippen molar-refractivity contribution in [3.63, 3.8) is 0 Å². The van der Waals surface area contributed by atoms with Gasteiger partial charge in [0.05, 0.1) is 0 Å². The molecular weight excluding hydrogens is 160 g/mol. The lowest BCUT2D eigenvalue weighted by Crippen LogP contribution is -2.42. The van der Waals surface area contributed by atoms with Gasteiger partial charge in [0.15, 0.2) is 0 Å². The average molecular weight is 174 g/mol. The van der Waals surface area contributed by atoms with Gasteiger partial charge < -0.3 is 5.32 Å². The van der Waals surface area contributed by atoms with Crippen molar-refractivity contribution in [1.82, 2.24) is 10.2 Å². The Morgan fingerprint density at radius 2 is 2.15 bits per heavy atom. The molecule has 2 heteroatoms. The molecule has 13 heavy (non-hydrogen) atoms. The molecule has 0 atom stereocenters. The van der Waals surface area contributed by atoms with Crippen LogP contribution in [0.5, 0.6) is 0 Å². The first-order chi connectivity index (χ1) is 6.45. The lowest BCUT2D eigenvalue weighted by atomic mass is 10.2. The van der Waals surface area contributed by atoms with Gasteiger partial charge in [-0.3, -0.25) is 4.90 Å². The van der Waals surface area contributed by atoms with Gasteiger partial charge in [-0.2, -0.15) is 0 Å². The van der Waals surface area contributed by atoms with E-state index >= 15 is 0 Å². The minimum absolute atomic E-state index is 1.05. The van der Waals surface area contributed by atoms with Crippen LogP contribution >= 0.6 is 0 Å². The number of rotatable bonds is 2. The van der Waals surface area contributed by atoms with E-state index in [-0.39, 0.29) is 0 Å². The SMILES string of the molecule is c1ccc(CN2CCNCC2)cc#1. The lowest BCUT2D eigenvalue weighted by Gasteiger charge is -2.26. The second-order valence-electron chi connectivity index (χ2n) is 3.37. The third-order valence-corrected chi connectivity index (χ3v) is 2.34. The van der Waals surface area contributed by atoms with Crippen LogP contribution in [0.1, 0.15) is 5.56 Å². The number of hydrogen-bond acceptors (Lipinski definition) is 2. The molecule has 1 aliphatic rings. The van der Waals surface area contributed by atoms with E-state index in [0.717, 1.165) is 32.7 Å². The van der Waals surface area contributed by atoms with Crippen LogP contribution in [0.25, 0.3) is 0 Å². The van der Waals surface area contributed by atoms with Crippen molar-refractivity contribution in [1.29, 1.82) is 0 Å². The molecular formula is C11H14N2. The first-order valence-electron chi connectivity index (χ1n) is 4.75. The molecule has 1 fully saturated rings. The van der Waals surface area contributed by atoms with Gasteiger partial charge in [-0.25, -0.2) is 0 Å². The lowest BCUT2D eigenvalue weighted by molar-refractivity contribution is 0.233. The van der Waals surface area contributed by atoms with Crippen molar-refractivity contribution >= 4 is 0 Å². The molecule has 0 bridgehead atoms. The molecule has 0 spiro atoms. The molecule has 2 nitrogen and oxygen atoms in total. The molecule has 0 aromatic heterocycles. The molecule has 1 heterocycles. The maximum atomic E-state index is 3.34. The Bertz CT molecular complexity index is 240. The summed E-state index contributed by atoms with van der Waals surface area (Å²) in [6.07, 6.45) is 0. The maximum absolute atomic E-state index is 3.34. The quantitative estimate of drug-likeness (QED) is 0.709. The van der Waals surface area contributed by atoms with Crippen molar-refractivity contribution in [2.45, 2.75) is 6.54 Å². The van der Waals surface area contributed by atoms with Crippen molar-refractivity contribution in [2.75, 3.05) is 26.2 Å². The molecule has 0 unspecified atom stereocenters. The van der Waals surface area contributed by atoms with E-state index in [1.165, 1.54) is 5.56 Å². The van der Waals surface area contributed by atoms with Gasteiger partial charge in [-0.05, 0) is 23.8 Å². The minimum atomic E-state index is 1.05. The van der Waals surface area contributed by atoms with E-state index in [1.54, 1.807) is 0 Å². The van der Waals surface area contributed by atoms with Gasteiger partial charge in [0, 0.05) is 32.7 Å².